The maximum atomic E-state index is 6.01. The summed E-state index contributed by atoms with van der Waals surface area (Å²) in [6, 6.07) is 8.04. The molecule has 2 heterocycles. The first-order chi connectivity index (χ1) is 12.6. The normalized spacial score (nSPS) is 11.2. The fourth-order valence-electron chi connectivity index (χ4n) is 2.96. The van der Waals surface area contributed by atoms with Crippen molar-refractivity contribution in [3.8, 4) is 11.5 Å². The molecule has 5 nitrogen and oxygen atoms in total. The number of aryl methyl sites for hydroxylation is 2. The third kappa shape index (κ3) is 3.88. The maximum Gasteiger partial charge on any atom is 0.130 e. The molecule has 0 aliphatic heterocycles. The van der Waals surface area contributed by atoms with E-state index in [9.17, 15) is 0 Å². The monoisotopic (exact) mass is 354 g/mol. The minimum atomic E-state index is 0.500. The average Bonchev–Trinajstić information content (AvgIpc) is 2.62. The third-order valence-electron chi connectivity index (χ3n) is 4.24. The molecular formula is C21H26N2O3. The number of rotatable bonds is 8. The van der Waals surface area contributed by atoms with Crippen LogP contribution in [0.4, 0.5) is 0 Å². The number of unbranched alkanes of at least 4 members (excludes halogenated alkanes) is 1. The molecule has 0 radical (unpaired) electrons. The SMILES string of the molecule is CCCCOc1cc(C)nc2c1ccc1c(OCCOC)cc(C)nc12. The summed E-state index contributed by atoms with van der Waals surface area (Å²) in [6.07, 6.45) is 2.14. The molecule has 0 saturated heterocycles. The number of benzene rings is 1. The van der Waals surface area contributed by atoms with Gasteiger partial charge in [0.05, 0.1) is 13.2 Å². The van der Waals surface area contributed by atoms with Crippen LogP contribution in [0.3, 0.4) is 0 Å². The van der Waals surface area contributed by atoms with Crippen LogP contribution in [-0.4, -0.2) is 36.9 Å². The van der Waals surface area contributed by atoms with Crippen molar-refractivity contribution in [1.82, 2.24) is 9.97 Å². The number of hydrogen-bond acceptors (Lipinski definition) is 5. The van der Waals surface area contributed by atoms with Gasteiger partial charge in [0.1, 0.15) is 29.1 Å². The van der Waals surface area contributed by atoms with E-state index in [-0.39, 0.29) is 0 Å². The van der Waals surface area contributed by atoms with Crippen LogP contribution in [0, 0.1) is 13.8 Å². The van der Waals surface area contributed by atoms with Crippen molar-refractivity contribution in [2.45, 2.75) is 33.6 Å². The average molecular weight is 354 g/mol. The Labute approximate surface area is 154 Å². The quantitative estimate of drug-likeness (QED) is 0.437. The molecule has 0 N–H and O–H groups in total. The topological polar surface area (TPSA) is 53.5 Å². The number of nitrogens with zero attached hydrogens (tertiary/aromatic N) is 2. The van der Waals surface area contributed by atoms with Crippen LogP contribution in [0.2, 0.25) is 0 Å². The smallest absolute Gasteiger partial charge is 0.130 e. The van der Waals surface area contributed by atoms with Crippen LogP contribution < -0.4 is 9.47 Å². The summed E-state index contributed by atoms with van der Waals surface area (Å²) in [5.41, 5.74) is 3.52. The molecule has 26 heavy (non-hydrogen) atoms. The van der Waals surface area contributed by atoms with E-state index in [1.54, 1.807) is 7.11 Å². The van der Waals surface area contributed by atoms with Crippen LogP contribution in [0.1, 0.15) is 31.2 Å². The second kappa shape index (κ2) is 8.32. The van der Waals surface area contributed by atoms with E-state index in [1.165, 1.54) is 0 Å². The summed E-state index contributed by atoms with van der Waals surface area (Å²) in [5.74, 6) is 1.68. The van der Waals surface area contributed by atoms with Crippen LogP contribution in [0.5, 0.6) is 11.5 Å². The van der Waals surface area contributed by atoms with Gasteiger partial charge in [-0.1, -0.05) is 13.3 Å². The highest BCUT2D eigenvalue weighted by Crippen LogP contribution is 2.34. The summed E-state index contributed by atoms with van der Waals surface area (Å²) in [4.78, 5) is 9.49. The Bertz CT molecular complexity index is 834. The second-order valence-corrected chi connectivity index (χ2v) is 6.42. The van der Waals surface area contributed by atoms with Crippen LogP contribution in [-0.2, 0) is 4.74 Å². The van der Waals surface area contributed by atoms with Crippen LogP contribution in [0.15, 0.2) is 24.3 Å². The maximum absolute atomic E-state index is 6.01. The first-order valence-electron chi connectivity index (χ1n) is 9.10. The lowest BCUT2D eigenvalue weighted by Crippen LogP contribution is -2.05. The fourth-order valence-corrected chi connectivity index (χ4v) is 2.96. The number of hydrogen-bond donors (Lipinski definition) is 0. The van der Waals surface area contributed by atoms with Gasteiger partial charge in [-0.2, -0.15) is 0 Å². The predicted octanol–water partition coefficient (Wildman–Crippen LogP) is 4.60. The van der Waals surface area contributed by atoms with Crippen molar-refractivity contribution in [3.63, 3.8) is 0 Å². The fraction of sp³-hybridized carbons (Fsp3) is 0.429. The van der Waals surface area contributed by atoms with E-state index in [4.69, 9.17) is 24.2 Å². The lowest BCUT2D eigenvalue weighted by atomic mass is 10.1. The van der Waals surface area contributed by atoms with Gasteiger partial charge >= 0.3 is 0 Å². The van der Waals surface area contributed by atoms with E-state index in [0.29, 0.717) is 19.8 Å². The molecule has 0 fully saturated rings. The Kier molecular flexibility index (Phi) is 5.89. The standard InChI is InChI=1S/C21H26N2O3/c1-5-6-9-25-18-12-14(2)22-20-16(18)7-8-17-19(26-11-10-24-4)13-15(3)23-21(17)20/h7-8,12-13H,5-6,9-11H2,1-4H3. The van der Waals surface area contributed by atoms with Crippen molar-refractivity contribution < 1.29 is 14.2 Å². The molecular weight excluding hydrogens is 328 g/mol. The Morgan fingerprint density at radius 2 is 1.35 bits per heavy atom. The molecule has 0 saturated carbocycles. The van der Waals surface area contributed by atoms with Crippen molar-refractivity contribution >= 4 is 21.8 Å². The third-order valence-corrected chi connectivity index (χ3v) is 4.24. The highest BCUT2D eigenvalue weighted by atomic mass is 16.5. The minimum absolute atomic E-state index is 0.500. The molecule has 5 heteroatoms. The van der Waals surface area contributed by atoms with Crippen molar-refractivity contribution in [2.24, 2.45) is 0 Å². The first-order valence-corrected chi connectivity index (χ1v) is 9.10. The van der Waals surface area contributed by atoms with E-state index in [1.807, 2.05) is 38.1 Å². The molecule has 0 bridgehead atoms. The molecule has 3 rings (SSSR count). The van der Waals surface area contributed by atoms with Crippen LogP contribution in [0.25, 0.3) is 21.8 Å². The molecule has 0 unspecified atom stereocenters. The molecule has 1 aromatic carbocycles. The summed E-state index contributed by atoms with van der Waals surface area (Å²) < 4.78 is 17.0. The van der Waals surface area contributed by atoms with Gasteiger partial charge in [0.2, 0.25) is 0 Å². The lowest BCUT2D eigenvalue weighted by Gasteiger charge is -2.14. The Hall–Kier alpha value is -2.40. The summed E-state index contributed by atoms with van der Waals surface area (Å²) in [7, 11) is 1.67. The Morgan fingerprint density at radius 3 is 1.85 bits per heavy atom. The lowest BCUT2D eigenvalue weighted by molar-refractivity contribution is 0.147. The van der Waals surface area contributed by atoms with E-state index >= 15 is 0 Å². The second-order valence-electron chi connectivity index (χ2n) is 6.42. The van der Waals surface area contributed by atoms with Crippen molar-refractivity contribution in [1.29, 1.82) is 0 Å². The minimum Gasteiger partial charge on any atom is -0.493 e. The zero-order chi connectivity index (χ0) is 18.5. The number of fused-ring (bicyclic) bond motifs is 3. The first kappa shape index (κ1) is 18.4. The Morgan fingerprint density at radius 1 is 0.808 bits per heavy atom. The van der Waals surface area contributed by atoms with E-state index in [0.717, 1.165) is 57.5 Å². The molecule has 0 aliphatic rings. The zero-order valence-electron chi connectivity index (χ0n) is 16.0. The van der Waals surface area contributed by atoms with E-state index < -0.39 is 0 Å². The number of ether oxygens (including phenoxy) is 3. The molecule has 0 amide bonds. The van der Waals surface area contributed by atoms with Crippen molar-refractivity contribution in [2.75, 3.05) is 26.9 Å². The largest absolute Gasteiger partial charge is 0.493 e. The molecule has 0 atom stereocenters. The van der Waals surface area contributed by atoms with E-state index in [2.05, 4.69) is 6.92 Å². The van der Waals surface area contributed by atoms with Gasteiger partial charge in [0.25, 0.3) is 0 Å². The number of pyridine rings is 2. The number of methoxy groups -OCH3 is 1. The molecule has 138 valence electrons. The number of aromatic nitrogens is 2. The molecule has 0 spiro atoms. The van der Waals surface area contributed by atoms with Gasteiger partial charge < -0.3 is 14.2 Å². The Balaban J connectivity index is 2.12. The van der Waals surface area contributed by atoms with Gasteiger partial charge in [0, 0.05) is 41.4 Å². The van der Waals surface area contributed by atoms with Gasteiger partial charge in [-0.3, -0.25) is 9.97 Å². The van der Waals surface area contributed by atoms with Gasteiger partial charge in [-0.15, -0.1) is 0 Å². The highest BCUT2D eigenvalue weighted by Gasteiger charge is 2.13. The molecule has 2 aromatic heterocycles. The van der Waals surface area contributed by atoms with Gasteiger partial charge in [0.15, 0.2) is 0 Å². The van der Waals surface area contributed by atoms with Gasteiger partial charge in [-0.05, 0) is 32.4 Å². The predicted molar refractivity (Wildman–Crippen MR) is 104 cm³/mol. The van der Waals surface area contributed by atoms with Crippen LogP contribution >= 0.6 is 0 Å². The molecule has 3 aromatic rings. The van der Waals surface area contributed by atoms with Crippen molar-refractivity contribution in [3.05, 3.63) is 35.7 Å². The summed E-state index contributed by atoms with van der Waals surface area (Å²) >= 11 is 0. The summed E-state index contributed by atoms with van der Waals surface area (Å²) in [6.45, 7) is 7.86. The highest BCUT2D eigenvalue weighted by molar-refractivity contribution is 6.07. The summed E-state index contributed by atoms with van der Waals surface area (Å²) in [5, 5.41) is 1.94. The molecule has 0 aliphatic carbocycles. The van der Waals surface area contributed by atoms with Gasteiger partial charge in [-0.25, -0.2) is 0 Å². The zero-order valence-corrected chi connectivity index (χ0v) is 16.0.